The van der Waals surface area contributed by atoms with Crippen LogP contribution in [-0.2, 0) is 6.54 Å². The highest BCUT2D eigenvalue weighted by Crippen LogP contribution is 2.23. The Hall–Kier alpha value is -1.56. The molecule has 6 heteroatoms. The molecule has 0 unspecified atom stereocenters. The molecule has 1 saturated heterocycles. The predicted octanol–water partition coefficient (Wildman–Crippen LogP) is 1.02. The van der Waals surface area contributed by atoms with Gasteiger partial charge in [-0.25, -0.2) is 4.79 Å². The summed E-state index contributed by atoms with van der Waals surface area (Å²) in [6.45, 7) is 4.76. The number of hydrogen-bond donors (Lipinski definition) is 0. The van der Waals surface area contributed by atoms with Gasteiger partial charge in [-0.15, -0.1) is 0 Å². The van der Waals surface area contributed by atoms with Crippen LogP contribution in [0, 0.1) is 0 Å². The van der Waals surface area contributed by atoms with Gasteiger partial charge in [0.05, 0.1) is 18.3 Å². The number of nitrogens with zero attached hydrogens (tertiary/aromatic N) is 5. The number of carbonyl (C=O) groups excluding carboxylic acids is 1. The van der Waals surface area contributed by atoms with Crippen LogP contribution < -0.4 is 0 Å². The van der Waals surface area contributed by atoms with Crippen molar-refractivity contribution in [2.75, 3.05) is 40.3 Å². The average Bonchev–Trinajstić information content (AvgIpc) is 3.07. The van der Waals surface area contributed by atoms with E-state index in [2.05, 4.69) is 14.7 Å². The molecule has 1 aromatic rings. The van der Waals surface area contributed by atoms with Crippen molar-refractivity contribution < 1.29 is 4.79 Å². The van der Waals surface area contributed by atoms with E-state index in [9.17, 15) is 4.79 Å². The minimum atomic E-state index is 0.0869. The second kappa shape index (κ2) is 5.44. The zero-order valence-corrected chi connectivity index (χ0v) is 12.3. The van der Waals surface area contributed by atoms with Gasteiger partial charge in [-0.3, -0.25) is 4.68 Å². The molecule has 0 aliphatic carbocycles. The van der Waals surface area contributed by atoms with E-state index < -0.39 is 0 Å². The number of carbonyl (C=O) groups is 1. The zero-order valence-electron chi connectivity index (χ0n) is 12.3. The van der Waals surface area contributed by atoms with Gasteiger partial charge >= 0.3 is 6.03 Å². The lowest BCUT2D eigenvalue weighted by Gasteiger charge is -2.36. The summed E-state index contributed by atoms with van der Waals surface area (Å²) in [5, 5.41) is 4.46. The Bertz CT molecular complexity index is 478. The van der Waals surface area contributed by atoms with Gasteiger partial charge in [-0.1, -0.05) is 0 Å². The van der Waals surface area contributed by atoms with Crippen LogP contribution in [0.15, 0.2) is 12.3 Å². The fraction of sp³-hybridized carbons (Fsp3) is 0.714. The minimum absolute atomic E-state index is 0.0869. The lowest BCUT2D eigenvalue weighted by molar-refractivity contribution is 0.130. The maximum atomic E-state index is 12.2. The van der Waals surface area contributed by atoms with E-state index in [1.165, 1.54) is 25.9 Å². The first kappa shape index (κ1) is 13.4. The molecule has 0 radical (unpaired) electrons. The summed E-state index contributed by atoms with van der Waals surface area (Å²) in [5.74, 6) is 0. The lowest BCUT2D eigenvalue weighted by atomic mass is 10.2. The van der Waals surface area contributed by atoms with Crippen LogP contribution in [0.1, 0.15) is 24.6 Å². The molecule has 1 fully saturated rings. The fourth-order valence-electron chi connectivity index (χ4n) is 3.21. The van der Waals surface area contributed by atoms with E-state index in [0.29, 0.717) is 6.54 Å². The molecule has 110 valence electrons. The van der Waals surface area contributed by atoms with Crippen LogP contribution in [0.4, 0.5) is 4.79 Å². The summed E-state index contributed by atoms with van der Waals surface area (Å²) in [6, 6.07) is 2.38. The topological polar surface area (TPSA) is 44.6 Å². The van der Waals surface area contributed by atoms with Crippen LogP contribution in [0.25, 0.3) is 0 Å². The van der Waals surface area contributed by atoms with Crippen LogP contribution in [0.3, 0.4) is 0 Å². The molecular weight excluding hydrogens is 254 g/mol. The smallest absolute Gasteiger partial charge is 0.319 e. The van der Waals surface area contributed by atoms with Crippen molar-refractivity contribution in [3.63, 3.8) is 0 Å². The van der Waals surface area contributed by atoms with Gasteiger partial charge in [0.25, 0.3) is 0 Å². The average molecular weight is 277 g/mol. The van der Waals surface area contributed by atoms with Gasteiger partial charge in [-0.05, 0) is 32.0 Å². The molecule has 2 aliphatic rings. The quantitative estimate of drug-likeness (QED) is 0.810. The van der Waals surface area contributed by atoms with E-state index in [4.69, 9.17) is 0 Å². The van der Waals surface area contributed by atoms with Gasteiger partial charge in [0.15, 0.2) is 0 Å². The highest BCUT2D eigenvalue weighted by Gasteiger charge is 2.30. The van der Waals surface area contributed by atoms with Crippen molar-refractivity contribution in [2.24, 2.45) is 0 Å². The van der Waals surface area contributed by atoms with Crippen LogP contribution in [-0.4, -0.2) is 70.8 Å². The molecule has 0 spiro atoms. The third-order valence-corrected chi connectivity index (χ3v) is 4.20. The molecule has 0 N–H and O–H groups in total. The Balaban J connectivity index is 1.76. The Morgan fingerprint density at radius 2 is 2.15 bits per heavy atom. The number of likely N-dealkylation sites (tertiary alicyclic amines) is 1. The van der Waals surface area contributed by atoms with Gasteiger partial charge in [0.1, 0.15) is 0 Å². The van der Waals surface area contributed by atoms with E-state index in [-0.39, 0.29) is 12.1 Å². The Labute approximate surface area is 119 Å². The third kappa shape index (κ3) is 2.52. The molecule has 0 aromatic carbocycles. The van der Waals surface area contributed by atoms with Crippen molar-refractivity contribution >= 4 is 6.03 Å². The Kier molecular flexibility index (Phi) is 3.65. The molecule has 0 saturated carbocycles. The second-order valence-corrected chi connectivity index (χ2v) is 5.99. The van der Waals surface area contributed by atoms with E-state index >= 15 is 0 Å². The highest BCUT2D eigenvalue weighted by molar-refractivity contribution is 5.74. The summed E-state index contributed by atoms with van der Waals surface area (Å²) in [6.07, 6.45) is 4.42. The fourth-order valence-corrected chi connectivity index (χ4v) is 3.21. The molecular formula is C14H23N5O. The largest absolute Gasteiger partial charge is 0.331 e. The first-order valence-corrected chi connectivity index (χ1v) is 7.36. The molecule has 3 heterocycles. The van der Waals surface area contributed by atoms with Gasteiger partial charge in [0.2, 0.25) is 0 Å². The summed E-state index contributed by atoms with van der Waals surface area (Å²) in [7, 11) is 3.62. The normalized spacial score (nSPS) is 22.9. The molecule has 1 atom stereocenters. The molecule has 1 aromatic heterocycles. The van der Waals surface area contributed by atoms with Crippen LogP contribution in [0.5, 0.6) is 0 Å². The van der Waals surface area contributed by atoms with Crippen molar-refractivity contribution in [1.82, 2.24) is 24.5 Å². The second-order valence-electron chi connectivity index (χ2n) is 5.99. The molecule has 3 rings (SSSR count). The first-order chi connectivity index (χ1) is 9.65. The maximum Gasteiger partial charge on any atom is 0.319 e. The van der Waals surface area contributed by atoms with E-state index in [0.717, 1.165) is 18.8 Å². The molecule has 20 heavy (non-hydrogen) atoms. The molecule has 2 amide bonds. The zero-order chi connectivity index (χ0) is 14.1. The van der Waals surface area contributed by atoms with Crippen molar-refractivity contribution in [3.8, 4) is 0 Å². The summed E-state index contributed by atoms with van der Waals surface area (Å²) < 4.78 is 2.11. The number of amides is 2. The maximum absolute atomic E-state index is 12.2. The van der Waals surface area contributed by atoms with E-state index in [1.807, 2.05) is 31.3 Å². The number of urea groups is 1. The summed E-state index contributed by atoms with van der Waals surface area (Å²) >= 11 is 0. The number of hydrogen-bond acceptors (Lipinski definition) is 3. The van der Waals surface area contributed by atoms with E-state index in [1.54, 1.807) is 4.90 Å². The van der Waals surface area contributed by atoms with Gasteiger partial charge in [0, 0.05) is 33.4 Å². The number of fused-ring (bicyclic) bond motifs is 1. The van der Waals surface area contributed by atoms with Crippen LogP contribution in [0.2, 0.25) is 0 Å². The predicted molar refractivity (Wildman–Crippen MR) is 76.4 cm³/mol. The molecule has 2 aliphatic heterocycles. The molecule has 0 bridgehead atoms. The Morgan fingerprint density at radius 3 is 2.85 bits per heavy atom. The highest BCUT2D eigenvalue weighted by atomic mass is 16.2. The van der Waals surface area contributed by atoms with Crippen molar-refractivity contribution in [2.45, 2.75) is 25.4 Å². The molecule has 6 nitrogen and oxygen atoms in total. The van der Waals surface area contributed by atoms with Crippen LogP contribution >= 0.6 is 0 Å². The van der Waals surface area contributed by atoms with Gasteiger partial charge in [-0.2, -0.15) is 5.10 Å². The number of aromatic nitrogens is 2. The summed E-state index contributed by atoms with van der Waals surface area (Å²) in [5.41, 5.74) is 1.13. The summed E-state index contributed by atoms with van der Waals surface area (Å²) in [4.78, 5) is 18.3. The lowest BCUT2D eigenvalue weighted by Crippen LogP contribution is -2.48. The monoisotopic (exact) mass is 277 g/mol. The Morgan fingerprint density at radius 1 is 1.40 bits per heavy atom. The third-order valence-electron chi connectivity index (χ3n) is 4.20. The minimum Gasteiger partial charge on any atom is -0.331 e. The van der Waals surface area contributed by atoms with Crippen molar-refractivity contribution in [3.05, 3.63) is 18.0 Å². The standard InChI is InChI=1S/C14H23N5O/c1-16(2)14(20)18-10-12-5-6-15-19(12)13(11-18)9-17-7-3-4-8-17/h5-6,13H,3-4,7-11H2,1-2H3/t13-/m0/s1. The first-order valence-electron chi connectivity index (χ1n) is 7.36. The SMILES string of the molecule is CN(C)C(=O)N1Cc2ccnn2[C@@H](CN2CCCC2)C1. The number of rotatable bonds is 2. The van der Waals surface area contributed by atoms with Crippen molar-refractivity contribution in [1.29, 1.82) is 0 Å². The van der Waals surface area contributed by atoms with Gasteiger partial charge < -0.3 is 14.7 Å².